The lowest BCUT2D eigenvalue weighted by Crippen LogP contribution is -2.52. The minimum atomic E-state index is -2.67. The number of amides is 3. The minimum absolute atomic E-state index is 0.0205. The summed E-state index contributed by atoms with van der Waals surface area (Å²) in [6.07, 6.45) is 0.274. The molecule has 8 heteroatoms. The van der Waals surface area contributed by atoms with Crippen LogP contribution in [0, 0.1) is 0 Å². The number of carbonyl (C=O) groups excluding carboxylic acids is 3. The number of rotatable bonds is 6. The molecule has 5 rings (SSSR count). The quantitative estimate of drug-likeness (QED) is 0.669. The van der Waals surface area contributed by atoms with Crippen LogP contribution in [0.3, 0.4) is 0 Å². The highest BCUT2D eigenvalue weighted by Crippen LogP contribution is 2.34. The fourth-order valence-electron chi connectivity index (χ4n) is 4.12. The Balaban J connectivity index is 1.41. The van der Waals surface area contributed by atoms with Crippen molar-refractivity contribution in [1.82, 2.24) is 15.1 Å². The van der Waals surface area contributed by atoms with Crippen molar-refractivity contribution in [3.63, 3.8) is 0 Å². The van der Waals surface area contributed by atoms with E-state index in [0.717, 1.165) is 0 Å². The van der Waals surface area contributed by atoms with E-state index in [1.165, 1.54) is 29.2 Å². The van der Waals surface area contributed by atoms with E-state index in [1.807, 2.05) is 0 Å². The predicted octanol–water partition coefficient (Wildman–Crippen LogP) is 1.86. The third-order valence-electron chi connectivity index (χ3n) is 5.84. The van der Waals surface area contributed by atoms with Gasteiger partial charge in [-0.05, 0) is 29.7 Å². The smallest absolute Gasteiger partial charge is 0.255 e. The molecule has 2 fully saturated rings. The second kappa shape index (κ2) is 9.33. The SMILES string of the molecule is [2H]c1cc(C([2H])([2H])N2CCOCC2)cc([2H])c1C([2H])([2H])Oc1cccc2c1CN(C1CCC(=O)NC1=O)C2=O. The first kappa shape index (κ1) is 15.6. The molecule has 3 aliphatic rings. The normalized spacial score (nSPS) is 24.7. The number of hydrogen-bond acceptors (Lipinski definition) is 6. The molecular formula is C25H27N3O5. The van der Waals surface area contributed by atoms with Gasteiger partial charge in [-0.25, -0.2) is 0 Å². The fraction of sp³-hybridized carbons (Fsp3) is 0.400. The number of benzene rings is 2. The summed E-state index contributed by atoms with van der Waals surface area (Å²) in [5.74, 6) is -1.39. The molecule has 2 aromatic carbocycles. The van der Waals surface area contributed by atoms with Crippen LogP contribution in [0.4, 0.5) is 0 Å². The van der Waals surface area contributed by atoms with Gasteiger partial charge in [-0.1, -0.05) is 30.3 Å². The highest BCUT2D eigenvalue weighted by atomic mass is 16.5. The molecule has 0 bridgehead atoms. The molecule has 0 aliphatic carbocycles. The summed E-state index contributed by atoms with van der Waals surface area (Å²) in [7, 11) is 0. The van der Waals surface area contributed by atoms with Crippen LogP contribution in [-0.2, 0) is 33.9 Å². The second-order valence-electron chi connectivity index (χ2n) is 8.01. The Hall–Kier alpha value is -3.23. The lowest BCUT2D eigenvalue weighted by molar-refractivity contribution is -0.136. The maximum absolute atomic E-state index is 13.1. The van der Waals surface area contributed by atoms with Gasteiger partial charge in [-0.2, -0.15) is 0 Å². The van der Waals surface area contributed by atoms with Gasteiger partial charge in [0.05, 0.1) is 25.2 Å². The summed E-state index contributed by atoms with van der Waals surface area (Å²) >= 11 is 0. The molecule has 3 heterocycles. The Morgan fingerprint density at radius 1 is 1.12 bits per heavy atom. The van der Waals surface area contributed by atoms with Gasteiger partial charge in [0, 0.05) is 39.9 Å². The van der Waals surface area contributed by atoms with E-state index in [1.54, 1.807) is 11.0 Å². The Morgan fingerprint density at radius 3 is 2.67 bits per heavy atom. The molecule has 0 spiro atoms. The Labute approximate surface area is 200 Å². The molecule has 2 aromatic rings. The number of fused-ring (bicyclic) bond motifs is 1. The molecule has 2 saturated heterocycles. The summed E-state index contributed by atoms with van der Waals surface area (Å²) in [6.45, 7) is -3.28. The van der Waals surface area contributed by atoms with Gasteiger partial charge in [-0.3, -0.25) is 24.6 Å². The first-order chi connectivity index (χ1) is 18.4. The monoisotopic (exact) mass is 455 g/mol. The van der Waals surface area contributed by atoms with Gasteiger partial charge < -0.3 is 14.4 Å². The molecule has 0 saturated carbocycles. The van der Waals surface area contributed by atoms with Crippen LogP contribution in [0.25, 0.3) is 0 Å². The number of ether oxygens (including phenoxy) is 2. The first-order valence-electron chi connectivity index (χ1n) is 13.8. The standard InChI is InChI=1S/C25H27N3O5/c29-23-9-8-21(24(30)26-23)28-15-20-19(25(28)31)2-1-3-22(20)33-16-18-6-4-17(5-7-18)14-27-10-12-32-13-11-27/h1-7,21H,8-16H2,(H,26,29,30)/i6D,7D,14D2,16D2. The average Bonchev–Trinajstić information content (AvgIpc) is 3.21. The van der Waals surface area contributed by atoms with Crippen molar-refractivity contribution in [2.45, 2.75) is 38.5 Å². The second-order valence-corrected chi connectivity index (χ2v) is 8.01. The van der Waals surface area contributed by atoms with Crippen LogP contribution in [0.15, 0.2) is 42.4 Å². The minimum Gasteiger partial charge on any atom is -0.489 e. The summed E-state index contributed by atoms with van der Waals surface area (Å²) in [5.41, 5.74) is 0.270. The van der Waals surface area contributed by atoms with Gasteiger partial charge >= 0.3 is 0 Å². The number of morpholine rings is 1. The van der Waals surface area contributed by atoms with Crippen molar-refractivity contribution in [3.05, 3.63) is 64.7 Å². The van der Waals surface area contributed by atoms with Gasteiger partial charge in [-0.15, -0.1) is 0 Å². The first-order valence-corrected chi connectivity index (χ1v) is 10.8. The van der Waals surface area contributed by atoms with Crippen molar-refractivity contribution in [2.24, 2.45) is 0 Å². The number of nitrogens with zero attached hydrogens (tertiary/aromatic N) is 2. The van der Waals surface area contributed by atoms with Crippen molar-refractivity contribution >= 4 is 17.7 Å². The summed E-state index contributed by atoms with van der Waals surface area (Å²) in [4.78, 5) is 39.9. The molecule has 0 aromatic heterocycles. The number of hydrogen-bond donors (Lipinski definition) is 1. The number of piperidine rings is 1. The number of carbonyl (C=O) groups is 3. The third-order valence-corrected chi connectivity index (χ3v) is 5.84. The van der Waals surface area contributed by atoms with E-state index in [-0.39, 0.29) is 41.8 Å². The lowest BCUT2D eigenvalue weighted by atomic mass is 10.0. The van der Waals surface area contributed by atoms with E-state index >= 15 is 0 Å². The molecule has 172 valence electrons. The van der Waals surface area contributed by atoms with Crippen molar-refractivity contribution in [2.75, 3.05) is 26.3 Å². The fourth-order valence-corrected chi connectivity index (χ4v) is 4.12. The lowest BCUT2D eigenvalue weighted by Gasteiger charge is -2.29. The number of imide groups is 1. The van der Waals surface area contributed by atoms with E-state index in [2.05, 4.69) is 5.32 Å². The Morgan fingerprint density at radius 2 is 1.91 bits per heavy atom. The van der Waals surface area contributed by atoms with Gasteiger partial charge in [0.2, 0.25) is 11.8 Å². The highest BCUT2D eigenvalue weighted by Gasteiger charge is 2.40. The van der Waals surface area contributed by atoms with Gasteiger partial charge in [0.25, 0.3) is 5.91 Å². The maximum atomic E-state index is 13.1. The third kappa shape index (κ3) is 4.62. The van der Waals surface area contributed by atoms with Crippen LogP contribution < -0.4 is 10.1 Å². The molecule has 3 aliphatic heterocycles. The summed E-state index contributed by atoms with van der Waals surface area (Å²) in [5, 5.41) is 2.24. The van der Waals surface area contributed by atoms with Crippen LogP contribution >= 0.6 is 0 Å². The largest absolute Gasteiger partial charge is 0.489 e. The highest BCUT2D eigenvalue weighted by molar-refractivity contribution is 6.05. The molecule has 0 radical (unpaired) electrons. The zero-order valence-electron chi connectivity index (χ0n) is 23.8. The zero-order chi connectivity index (χ0) is 28.1. The van der Waals surface area contributed by atoms with E-state index in [0.29, 0.717) is 31.9 Å². The van der Waals surface area contributed by atoms with Crippen LogP contribution in [0.1, 0.15) is 48.1 Å². The van der Waals surface area contributed by atoms with Crippen LogP contribution in [-0.4, -0.2) is 59.9 Å². The van der Waals surface area contributed by atoms with E-state index < -0.39 is 48.9 Å². The van der Waals surface area contributed by atoms with Crippen molar-refractivity contribution in [1.29, 1.82) is 0 Å². The van der Waals surface area contributed by atoms with Crippen LogP contribution in [0.5, 0.6) is 5.75 Å². The zero-order valence-corrected chi connectivity index (χ0v) is 17.8. The van der Waals surface area contributed by atoms with E-state index in [9.17, 15) is 14.4 Å². The van der Waals surface area contributed by atoms with Crippen molar-refractivity contribution < 1.29 is 32.1 Å². The Kier molecular flexibility index (Phi) is 4.40. The Bertz CT molecular complexity index is 1320. The average molecular weight is 456 g/mol. The predicted molar refractivity (Wildman–Crippen MR) is 119 cm³/mol. The summed E-state index contributed by atoms with van der Waals surface area (Å²) < 4.78 is 62.2. The molecule has 33 heavy (non-hydrogen) atoms. The van der Waals surface area contributed by atoms with Crippen molar-refractivity contribution in [3.8, 4) is 5.75 Å². The molecular weight excluding hydrogens is 422 g/mol. The molecule has 8 nitrogen and oxygen atoms in total. The molecule has 1 atom stereocenters. The van der Waals surface area contributed by atoms with Gasteiger partial charge in [0.15, 0.2) is 0 Å². The number of nitrogens with one attached hydrogen (secondary N) is 1. The molecule has 3 amide bonds. The van der Waals surface area contributed by atoms with E-state index in [4.69, 9.17) is 17.7 Å². The topological polar surface area (TPSA) is 88.2 Å². The van der Waals surface area contributed by atoms with Gasteiger partial charge in [0.1, 0.15) is 18.4 Å². The molecule has 1 unspecified atom stereocenters. The molecule has 1 N–H and O–H groups in total. The maximum Gasteiger partial charge on any atom is 0.255 e. The van der Waals surface area contributed by atoms with Crippen LogP contribution in [0.2, 0.25) is 0 Å². The summed E-state index contributed by atoms with van der Waals surface area (Å²) in [6, 6.07) is 5.29.